The van der Waals surface area contributed by atoms with Crippen molar-refractivity contribution in [1.82, 2.24) is 10.2 Å². The molecule has 0 fully saturated rings. The molecule has 7 nitrogen and oxygen atoms in total. The van der Waals surface area contributed by atoms with Crippen molar-refractivity contribution in [3.8, 4) is 11.5 Å². The van der Waals surface area contributed by atoms with E-state index in [9.17, 15) is 9.59 Å². The van der Waals surface area contributed by atoms with E-state index in [-0.39, 0.29) is 18.0 Å². The molecule has 1 heterocycles. The number of amides is 2. The number of rotatable bonds is 10. The SMILES string of the molecule is CCCN1C(=O)c2ccccc2C1Nc1ccc(C(=O)NCCc2ccc(OC)c(OC)c2)cc1. The summed E-state index contributed by atoms with van der Waals surface area (Å²) >= 11 is 0. The van der Waals surface area contributed by atoms with Crippen LogP contribution in [-0.2, 0) is 6.42 Å². The lowest BCUT2D eigenvalue weighted by Crippen LogP contribution is -2.33. The third-order valence-corrected chi connectivity index (χ3v) is 6.12. The summed E-state index contributed by atoms with van der Waals surface area (Å²) in [5.74, 6) is 1.26. The van der Waals surface area contributed by atoms with Crippen molar-refractivity contribution in [1.29, 1.82) is 0 Å². The molecule has 182 valence electrons. The van der Waals surface area contributed by atoms with Crippen LogP contribution in [0.5, 0.6) is 11.5 Å². The maximum atomic E-state index is 12.8. The molecule has 3 aromatic rings. The Morgan fingerprint density at radius 3 is 2.43 bits per heavy atom. The quantitative estimate of drug-likeness (QED) is 0.448. The highest BCUT2D eigenvalue weighted by molar-refractivity contribution is 5.99. The van der Waals surface area contributed by atoms with Gasteiger partial charge in [0, 0.05) is 35.5 Å². The van der Waals surface area contributed by atoms with Crippen LogP contribution >= 0.6 is 0 Å². The van der Waals surface area contributed by atoms with Crippen LogP contribution in [0.2, 0.25) is 0 Å². The second kappa shape index (κ2) is 11.0. The molecule has 1 aliphatic rings. The van der Waals surface area contributed by atoms with Crippen LogP contribution in [-0.4, -0.2) is 44.0 Å². The van der Waals surface area contributed by atoms with Gasteiger partial charge in [0.2, 0.25) is 0 Å². The largest absolute Gasteiger partial charge is 0.493 e. The Kier molecular flexibility index (Phi) is 7.55. The Morgan fingerprint density at radius 1 is 0.971 bits per heavy atom. The molecule has 1 aliphatic heterocycles. The number of benzene rings is 3. The zero-order valence-corrected chi connectivity index (χ0v) is 20.3. The summed E-state index contributed by atoms with van der Waals surface area (Å²) in [4.78, 5) is 27.3. The van der Waals surface area contributed by atoms with Gasteiger partial charge in [-0.1, -0.05) is 31.2 Å². The maximum Gasteiger partial charge on any atom is 0.256 e. The topological polar surface area (TPSA) is 79.9 Å². The zero-order valence-electron chi connectivity index (χ0n) is 20.3. The first-order chi connectivity index (χ1) is 17.0. The van der Waals surface area contributed by atoms with Crippen molar-refractivity contribution in [3.05, 3.63) is 89.0 Å². The van der Waals surface area contributed by atoms with Crippen LogP contribution in [0.1, 0.15) is 51.4 Å². The minimum Gasteiger partial charge on any atom is -0.493 e. The van der Waals surface area contributed by atoms with Crippen LogP contribution in [0.3, 0.4) is 0 Å². The van der Waals surface area contributed by atoms with Gasteiger partial charge in [0.15, 0.2) is 11.5 Å². The van der Waals surface area contributed by atoms with Crippen LogP contribution in [0.25, 0.3) is 0 Å². The second-order valence-corrected chi connectivity index (χ2v) is 8.41. The third-order valence-electron chi connectivity index (χ3n) is 6.12. The predicted molar refractivity (Wildman–Crippen MR) is 136 cm³/mol. The number of hydrogen-bond acceptors (Lipinski definition) is 5. The van der Waals surface area contributed by atoms with Crippen LogP contribution in [0.15, 0.2) is 66.7 Å². The molecular weight excluding hydrogens is 442 g/mol. The van der Waals surface area contributed by atoms with E-state index in [2.05, 4.69) is 17.6 Å². The zero-order chi connectivity index (χ0) is 24.8. The van der Waals surface area contributed by atoms with E-state index in [0.29, 0.717) is 36.6 Å². The average molecular weight is 474 g/mol. The molecule has 0 aliphatic carbocycles. The number of nitrogens with one attached hydrogen (secondary N) is 2. The van der Waals surface area contributed by atoms with Gasteiger partial charge in [0.25, 0.3) is 11.8 Å². The fourth-order valence-corrected chi connectivity index (χ4v) is 4.33. The Morgan fingerprint density at radius 2 is 1.71 bits per heavy atom. The average Bonchev–Trinajstić information content (AvgIpc) is 3.15. The molecule has 4 rings (SSSR count). The summed E-state index contributed by atoms with van der Waals surface area (Å²) in [5.41, 5.74) is 4.19. The molecule has 0 bridgehead atoms. The Hall–Kier alpha value is -4.00. The second-order valence-electron chi connectivity index (χ2n) is 8.41. The number of nitrogens with zero attached hydrogens (tertiary/aromatic N) is 1. The van der Waals surface area contributed by atoms with Crippen molar-refractivity contribution in [2.45, 2.75) is 25.9 Å². The monoisotopic (exact) mass is 473 g/mol. The lowest BCUT2D eigenvalue weighted by atomic mass is 10.1. The molecule has 0 saturated carbocycles. The van der Waals surface area contributed by atoms with E-state index < -0.39 is 0 Å². The van der Waals surface area contributed by atoms with Crippen molar-refractivity contribution in [2.75, 3.05) is 32.6 Å². The van der Waals surface area contributed by atoms with Crippen molar-refractivity contribution < 1.29 is 19.1 Å². The van der Waals surface area contributed by atoms with E-state index in [1.807, 2.05) is 59.5 Å². The van der Waals surface area contributed by atoms with E-state index in [4.69, 9.17) is 9.47 Å². The van der Waals surface area contributed by atoms with E-state index in [0.717, 1.165) is 28.8 Å². The number of methoxy groups -OCH3 is 2. The summed E-state index contributed by atoms with van der Waals surface area (Å²) in [6.07, 6.45) is 1.33. The maximum absolute atomic E-state index is 12.8. The van der Waals surface area contributed by atoms with Gasteiger partial charge < -0.3 is 25.0 Å². The molecular formula is C28H31N3O4. The molecule has 1 unspecified atom stereocenters. The van der Waals surface area contributed by atoms with Gasteiger partial charge in [0.05, 0.1) is 14.2 Å². The number of carbonyl (C=O) groups excluding carboxylic acids is 2. The highest BCUT2D eigenvalue weighted by atomic mass is 16.5. The lowest BCUT2D eigenvalue weighted by Gasteiger charge is -2.26. The molecule has 1 atom stereocenters. The first-order valence-corrected chi connectivity index (χ1v) is 11.8. The number of hydrogen-bond donors (Lipinski definition) is 2. The van der Waals surface area contributed by atoms with Gasteiger partial charge in [-0.25, -0.2) is 0 Å². The van der Waals surface area contributed by atoms with E-state index in [1.54, 1.807) is 26.4 Å². The molecule has 0 radical (unpaired) electrons. The summed E-state index contributed by atoms with van der Waals surface area (Å²) in [6, 6.07) is 20.8. The van der Waals surface area contributed by atoms with Gasteiger partial charge in [-0.2, -0.15) is 0 Å². The number of carbonyl (C=O) groups is 2. The van der Waals surface area contributed by atoms with Crippen molar-refractivity contribution >= 4 is 17.5 Å². The summed E-state index contributed by atoms with van der Waals surface area (Å²) < 4.78 is 10.6. The van der Waals surface area contributed by atoms with Gasteiger partial charge in [0.1, 0.15) is 6.17 Å². The Bertz CT molecular complexity index is 1190. The summed E-state index contributed by atoms with van der Waals surface area (Å²) in [6.45, 7) is 3.23. The molecule has 3 aromatic carbocycles. The third kappa shape index (κ3) is 5.24. The van der Waals surface area contributed by atoms with Gasteiger partial charge in [-0.05, 0) is 60.9 Å². The Labute approximate surface area is 206 Å². The van der Waals surface area contributed by atoms with E-state index in [1.165, 1.54) is 0 Å². The predicted octanol–water partition coefficient (Wildman–Crippen LogP) is 4.65. The molecule has 0 spiro atoms. The standard InChI is InChI=1S/C28H31N3O4/c1-4-17-31-26(22-7-5-6-8-23(22)28(31)33)30-21-12-10-20(11-13-21)27(32)29-16-15-19-9-14-24(34-2)25(18-19)35-3/h5-14,18,26,30H,4,15-17H2,1-3H3,(H,29,32). The van der Waals surface area contributed by atoms with Gasteiger partial charge in [-0.15, -0.1) is 0 Å². The summed E-state index contributed by atoms with van der Waals surface area (Å²) in [5, 5.41) is 6.43. The van der Waals surface area contributed by atoms with Gasteiger partial charge in [-0.3, -0.25) is 9.59 Å². The molecule has 2 N–H and O–H groups in total. The normalized spacial score (nSPS) is 14.4. The molecule has 35 heavy (non-hydrogen) atoms. The highest BCUT2D eigenvalue weighted by Gasteiger charge is 2.35. The van der Waals surface area contributed by atoms with E-state index >= 15 is 0 Å². The number of ether oxygens (including phenoxy) is 2. The fraction of sp³-hybridized carbons (Fsp3) is 0.286. The van der Waals surface area contributed by atoms with Crippen LogP contribution < -0.4 is 20.1 Å². The first-order valence-electron chi connectivity index (χ1n) is 11.8. The lowest BCUT2D eigenvalue weighted by molar-refractivity contribution is 0.0743. The number of fused-ring (bicyclic) bond motifs is 1. The molecule has 0 aromatic heterocycles. The smallest absolute Gasteiger partial charge is 0.256 e. The van der Waals surface area contributed by atoms with Gasteiger partial charge >= 0.3 is 0 Å². The van der Waals surface area contributed by atoms with Crippen LogP contribution in [0, 0.1) is 0 Å². The molecule has 2 amide bonds. The number of anilines is 1. The highest BCUT2D eigenvalue weighted by Crippen LogP contribution is 2.34. The molecule has 7 heteroatoms. The van der Waals surface area contributed by atoms with Crippen molar-refractivity contribution in [3.63, 3.8) is 0 Å². The molecule has 0 saturated heterocycles. The fourth-order valence-electron chi connectivity index (χ4n) is 4.33. The Balaban J connectivity index is 1.36. The van der Waals surface area contributed by atoms with Crippen LogP contribution in [0.4, 0.5) is 5.69 Å². The van der Waals surface area contributed by atoms with Crippen molar-refractivity contribution in [2.24, 2.45) is 0 Å². The minimum absolute atomic E-state index is 0.0467. The summed E-state index contributed by atoms with van der Waals surface area (Å²) in [7, 11) is 3.21. The minimum atomic E-state index is -0.222. The first kappa shape index (κ1) is 24.1.